The molecule has 0 aromatic rings. The molecule has 0 saturated heterocycles. The second kappa shape index (κ2) is 68.9. The molecule has 0 aromatic heterocycles. The topological polar surface area (TPSA) is 105 Å². The van der Waals surface area contributed by atoms with Gasteiger partial charge in [-0.2, -0.15) is 0 Å². The quantitative estimate of drug-likeness (QED) is 0.190. The van der Waals surface area contributed by atoms with E-state index in [1.54, 1.807) is 6.92 Å². The summed E-state index contributed by atoms with van der Waals surface area (Å²) in [6.07, 6.45) is 19.1. The molecule has 0 saturated carbocycles. The predicted molar refractivity (Wildman–Crippen MR) is 386 cm³/mol. The zero-order valence-corrected chi connectivity index (χ0v) is 52.5. The van der Waals surface area contributed by atoms with Gasteiger partial charge in [0.1, 0.15) is 18.3 Å². The Bertz CT molecular complexity index is 6250. The van der Waals surface area contributed by atoms with Gasteiger partial charge >= 0.3 is 23.9 Å². The van der Waals surface area contributed by atoms with Crippen molar-refractivity contribution in [3.8, 4) is 499 Å². The third-order valence-electron chi connectivity index (χ3n) is 7.62. The number of carbonyl (C=O) groups is 4. The second-order valence-electron chi connectivity index (χ2n) is 14.4. The lowest BCUT2D eigenvalue weighted by Crippen LogP contribution is -2.48. The Morgan fingerprint density at radius 3 is 0.544 bits per heavy atom. The maximum atomic E-state index is 13.8. The van der Waals surface area contributed by atoms with E-state index in [0.29, 0.717) is 6.42 Å². The number of rotatable bonds is 9. The molecule has 0 aliphatic rings. The van der Waals surface area contributed by atoms with Crippen LogP contribution in [0.3, 0.4) is 0 Å². The van der Waals surface area contributed by atoms with Gasteiger partial charge in [0.15, 0.2) is 0 Å². The lowest BCUT2D eigenvalue weighted by atomic mass is 9.95. The lowest BCUT2D eigenvalue weighted by Gasteiger charge is -2.27. The summed E-state index contributed by atoms with van der Waals surface area (Å²) in [4.78, 5) is 53.3. The summed E-state index contributed by atoms with van der Waals surface area (Å²) < 4.78 is 20.3. The van der Waals surface area contributed by atoms with E-state index in [1.165, 1.54) is 0 Å². The monoisotopic (exact) mass is 1280 g/mol. The van der Waals surface area contributed by atoms with Crippen LogP contribution in [0.5, 0.6) is 0 Å². The Morgan fingerprint density at radius 2 is 0.379 bits per heavy atom. The first-order chi connectivity index (χ1) is 50.8. The minimum Gasteiger partial charge on any atom is -0.446 e. The zero-order valence-electron chi connectivity index (χ0n) is 52.5. The summed E-state index contributed by atoms with van der Waals surface area (Å²) in [6, 6.07) is 0. The van der Waals surface area contributed by atoms with Crippen molar-refractivity contribution in [3.63, 3.8) is 0 Å². The van der Waals surface area contributed by atoms with Crippen LogP contribution in [0, 0.1) is 499 Å². The summed E-state index contributed by atoms with van der Waals surface area (Å²) in [6.45, 7) is 1.77. The van der Waals surface area contributed by atoms with Crippen molar-refractivity contribution in [3.05, 3.63) is 0 Å². The van der Waals surface area contributed by atoms with Crippen LogP contribution in [0.2, 0.25) is 0 Å². The summed E-state index contributed by atoms with van der Waals surface area (Å²) in [5, 5.41) is 0. The molecule has 0 heterocycles. The molecule has 0 unspecified atom stereocenters. The zero-order chi connectivity index (χ0) is 74.4. The van der Waals surface area contributed by atoms with Crippen LogP contribution in [-0.2, 0) is 38.1 Å². The Hall–Kier alpha value is -20.6. The van der Waals surface area contributed by atoms with Gasteiger partial charge in [-0.25, -0.2) is 4.79 Å². The van der Waals surface area contributed by atoms with Gasteiger partial charge in [-0.05, 0) is 149 Å². The average molecular weight is 1290 g/mol. The third kappa shape index (κ3) is 61.4. The van der Waals surface area contributed by atoms with E-state index < -0.39 is 42.3 Å². The van der Waals surface area contributed by atoms with E-state index in [0.717, 1.165) is 0 Å². The van der Waals surface area contributed by atoms with Gasteiger partial charge in [-0.1, -0.05) is 13.3 Å². The van der Waals surface area contributed by atoms with E-state index in [-0.39, 0.29) is 12.8 Å². The van der Waals surface area contributed by atoms with Gasteiger partial charge in [-0.15, -0.1) is 19.3 Å². The van der Waals surface area contributed by atoms with Crippen LogP contribution in [0.4, 0.5) is 0 Å². The largest absolute Gasteiger partial charge is 0.446 e. The highest BCUT2D eigenvalue weighted by Gasteiger charge is 2.49. The Balaban J connectivity index is 6.45. The number of unbranched alkanes of at least 4 members (excludes halogenated alkanes) is 1. The average Bonchev–Trinajstić information content (AvgIpc) is 0.813. The van der Waals surface area contributed by atoms with Gasteiger partial charge in [-0.3, -0.25) is 14.4 Å². The SMILES string of the molecule is C#CC#CC#CC#CC#CC#CC#CC#CC#CC#CC#CC#CC#CC#COC(=O)CC(CC(=O)OC#CC#CC#CC#CC#CC#CC#CC#CC#CC#CC#CC#CC#CC#C)(OC(=O)CCCC)C(=O)OC#CC#CC#CC#CC#CC#CC#CC#CC#CC#CC#CC#CC#CC#C. The lowest BCUT2D eigenvalue weighted by molar-refractivity contribution is -0.185. The van der Waals surface area contributed by atoms with Crippen LogP contribution in [0.1, 0.15) is 39.0 Å². The number of ether oxygens (including phenoxy) is 4. The molecule has 0 aliphatic carbocycles. The predicted octanol–water partition coefficient (Wildman–Crippen LogP) is 0.773. The summed E-state index contributed by atoms with van der Waals surface area (Å²) in [7, 11) is 0. The summed E-state index contributed by atoms with van der Waals surface area (Å²) in [5.41, 5.74) is -2.77. The molecule has 444 valence electrons. The molecule has 103 heavy (non-hydrogen) atoms. The molecule has 0 aromatic carbocycles. The molecule has 0 bridgehead atoms. The maximum absolute atomic E-state index is 13.8. The molecule has 0 rings (SSSR count). The molecule has 8 nitrogen and oxygen atoms in total. The van der Waals surface area contributed by atoms with E-state index >= 15 is 0 Å². The first-order valence-corrected chi connectivity index (χ1v) is 26.5. The van der Waals surface area contributed by atoms with Gasteiger partial charge in [0.2, 0.25) is 5.60 Å². The molecule has 0 aliphatic heterocycles. The van der Waals surface area contributed by atoms with E-state index in [2.05, 4.69) is 462 Å². The van der Waals surface area contributed by atoms with Gasteiger partial charge in [0.05, 0.1) is 12.8 Å². The van der Waals surface area contributed by atoms with Gasteiger partial charge < -0.3 is 18.9 Å². The standard InChI is InChI=1S/C95H16O8/c1-5-9-13-16-19-22-25-28-31-34-37-40-43-46-49-52-55-58-61-64-67-70-73-76-79-82-86-100-92(97)89-95(103-91(96)85-12-8-4,94(99)102-88-84-81-78-75-72-69-66-63-60-57-54-51-48-45-42-39-36-33-30-27-24-21-18-15-11-7-3)90-93(98)101-87-83-80-77-74-71-68-65-62-59-56-53-50-47-44-41-38-35-32-29-26-23-20-17-14-10-6-2/h1-3H,8,12,85,89-90H2,4H3. The fraction of sp³-hybridized carbons (Fsp3) is 0.0737. The van der Waals surface area contributed by atoms with Crippen molar-refractivity contribution in [1.82, 2.24) is 0 Å². The number of terminal acetylenes is 3. The molecule has 0 amide bonds. The van der Waals surface area contributed by atoms with Crippen molar-refractivity contribution in [1.29, 1.82) is 0 Å². The molecule has 0 fully saturated rings. The Kier molecular flexibility index (Phi) is 55.1. The minimum absolute atomic E-state index is 0.259. The molecular weight excluding hydrogens is 1270 g/mol. The van der Waals surface area contributed by atoms with Crippen LogP contribution < -0.4 is 0 Å². The number of carbonyl (C=O) groups excluding carboxylic acids is 4. The van der Waals surface area contributed by atoms with Gasteiger partial charge in [0.25, 0.3) is 0 Å². The minimum atomic E-state index is -2.77. The highest BCUT2D eigenvalue weighted by molar-refractivity contribution is 5.93. The third-order valence-corrected chi connectivity index (χ3v) is 7.62. The van der Waals surface area contributed by atoms with E-state index in [1.807, 2.05) is 18.3 Å². The fourth-order valence-electron chi connectivity index (χ4n) is 4.12. The summed E-state index contributed by atoms with van der Waals surface area (Å²) in [5.74, 6) is 182. The molecule has 0 radical (unpaired) electrons. The maximum Gasteiger partial charge on any atom is 0.365 e. The van der Waals surface area contributed by atoms with Crippen LogP contribution in [0.25, 0.3) is 0 Å². The molecule has 0 N–H and O–H groups in total. The molecule has 8 heteroatoms. The highest BCUT2D eigenvalue weighted by atomic mass is 16.6. The first kappa shape index (κ1) is 82.4. The normalized spacial score (nSPS) is 5.34. The number of hydrogen-bond acceptors (Lipinski definition) is 8. The van der Waals surface area contributed by atoms with E-state index in [4.69, 9.17) is 38.2 Å². The molecule has 0 spiro atoms. The Labute approximate surface area is 602 Å². The second-order valence-corrected chi connectivity index (χ2v) is 14.4. The smallest absolute Gasteiger partial charge is 0.365 e. The highest BCUT2D eigenvalue weighted by Crippen LogP contribution is 2.26. The first-order valence-electron chi connectivity index (χ1n) is 26.5. The van der Waals surface area contributed by atoms with Crippen molar-refractivity contribution >= 4 is 23.9 Å². The van der Waals surface area contributed by atoms with E-state index in [9.17, 15) is 19.2 Å². The number of hydrogen-bond donors (Lipinski definition) is 0. The molecule has 0 atom stereocenters. The van der Waals surface area contributed by atoms with Crippen LogP contribution in [0.15, 0.2) is 0 Å². The van der Waals surface area contributed by atoms with Crippen molar-refractivity contribution in [2.75, 3.05) is 0 Å². The van der Waals surface area contributed by atoms with Gasteiger partial charge in [0, 0.05) is 326 Å². The van der Waals surface area contributed by atoms with Crippen molar-refractivity contribution in [2.24, 2.45) is 0 Å². The Morgan fingerprint density at radius 1 is 0.223 bits per heavy atom. The van der Waals surface area contributed by atoms with Crippen molar-refractivity contribution < 1.29 is 38.1 Å². The van der Waals surface area contributed by atoms with Crippen molar-refractivity contribution in [2.45, 2.75) is 44.6 Å². The molecular formula is C95H16O8. The fourth-order valence-corrected chi connectivity index (χ4v) is 4.12. The van der Waals surface area contributed by atoms with Crippen LogP contribution in [-0.4, -0.2) is 29.5 Å². The van der Waals surface area contributed by atoms with Crippen LogP contribution >= 0.6 is 0 Å². The summed E-state index contributed by atoms with van der Waals surface area (Å²) >= 11 is 0. The number of esters is 4.